The third kappa shape index (κ3) is 7.41. The summed E-state index contributed by atoms with van der Waals surface area (Å²) in [6, 6.07) is 0. The van der Waals surface area contributed by atoms with Crippen LogP contribution in [-0.4, -0.2) is 35.9 Å². The lowest BCUT2D eigenvalue weighted by molar-refractivity contribution is -0.780. The molecule has 5 heteroatoms. The smallest absolute Gasteiger partial charge is 0.207 e. The highest BCUT2D eigenvalue weighted by Gasteiger charge is 2.34. The molecule has 2 N–H and O–H groups in total. The maximum Gasteiger partial charge on any atom is 0.207 e. The average molecular weight is 335 g/mol. The Bertz CT molecular complexity index is 458. The molecule has 136 valence electrons. The predicted octanol–water partition coefficient (Wildman–Crippen LogP) is 2.48. The molecule has 0 aromatic rings. The summed E-state index contributed by atoms with van der Waals surface area (Å²) < 4.78 is 0.240. The first-order valence-corrected chi connectivity index (χ1v) is 9.27. The molecule has 0 aromatic carbocycles. The minimum absolute atomic E-state index is 0.0707. The molecule has 1 atom stereocenters. The fraction of sp³-hybridized carbons (Fsp3) is 0.684. The molecule has 0 aliphatic carbocycles. The second-order valence-corrected chi connectivity index (χ2v) is 6.50. The van der Waals surface area contributed by atoms with Crippen LogP contribution in [0.4, 0.5) is 0 Å². The number of nitrogens with zero attached hydrogens (tertiary/aromatic N) is 2. The number of amidine groups is 1. The Morgan fingerprint density at radius 2 is 1.88 bits per heavy atom. The Morgan fingerprint density at radius 1 is 1.21 bits per heavy atom. The van der Waals surface area contributed by atoms with Crippen molar-refractivity contribution in [1.82, 2.24) is 0 Å². The van der Waals surface area contributed by atoms with Crippen LogP contribution in [0, 0.1) is 0 Å². The normalized spacial score (nSPS) is 20.0. The first kappa shape index (κ1) is 20.6. The third-order valence-electron chi connectivity index (χ3n) is 4.54. The van der Waals surface area contributed by atoms with Crippen molar-refractivity contribution >= 4 is 11.8 Å². The number of aliphatic carboxylic acids is 1. The van der Waals surface area contributed by atoms with Crippen LogP contribution < -0.4 is 10.8 Å². The second kappa shape index (κ2) is 12.0. The van der Waals surface area contributed by atoms with Crippen LogP contribution in [0.2, 0.25) is 0 Å². The van der Waals surface area contributed by atoms with Gasteiger partial charge in [0.15, 0.2) is 0 Å². The lowest BCUT2D eigenvalue weighted by Crippen LogP contribution is -2.55. The summed E-state index contributed by atoms with van der Waals surface area (Å²) in [6.07, 6.45) is 18.6. The van der Waals surface area contributed by atoms with E-state index in [2.05, 4.69) is 24.1 Å². The van der Waals surface area contributed by atoms with E-state index in [1.807, 2.05) is 6.20 Å². The van der Waals surface area contributed by atoms with E-state index < -0.39 is 5.97 Å². The number of quaternary nitrogens is 1. The van der Waals surface area contributed by atoms with E-state index in [0.29, 0.717) is 13.1 Å². The van der Waals surface area contributed by atoms with Gasteiger partial charge in [0.05, 0.1) is 12.2 Å². The third-order valence-corrected chi connectivity index (χ3v) is 4.54. The Morgan fingerprint density at radius 3 is 2.50 bits per heavy atom. The van der Waals surface area contributed by atoms with Crippen LogP contribution in [0.15, 0.2) is 29.5 Å². The van der Waals surface area contributed by atoms with Gasteiger partial charge in [0.25, 0.3) is 0 Å². The van der Waals surface area contributed by atoms with Crippen molar-refractivity contribution in [2.24, 2.45) is 10.7 Å². The molecule has 1 unspecified atom stereocenters. The monoisotopic (exact) mass is 335 g/mol. The van der Waals surface area contributed by atoms with Crippen LogP contribution >= 0.6 is 0 Å². The molecule has 0 fully saturated rings. The summed E-state index contributed by atoms with van der Waals surface area (Å²) in [5.74, 6) is -0.142. The van der Waals surface area contributed by atoms with Gasteiger partial charge in [-0.05, 0) is 26.2 Å². The van der Waals surface area contributed by atoms with Gasteiger partial charge < -0.3 is 15.6 Å². The number of carboxylic acids is 1. The summed E-state index contributed by atoms with van der Waals surface area (Å²) in [6.45, 7) is 3.00. The Balaban J connectivity index is 2.20. The molecule has 0 saturated carbocycles. The molecule has 0 spiro atoms. The SMILES string of the molecule is C/C=C/CCCCCCCCCC1=NC=C[N+]1(CCN)CC(=O)[O-]. The summed E-state index contributed by atoms with van der Waals surface area (Å²) in [4.78, 5) is 15.5. The fourth-order valence-corrected chi connectivity index (χ4v) is 3.22. The summed E-state index contributed by atoms with van der Waals surface area (Å²) in [5.41, 5.74) is 5.66. The lowest BCUT2D eigenvalue weighted by atomic mass is 10.1. The summed E-state index contributed by atoms with van der Waals surface area (Å²) >= 11 is 0. The van der Waals surface area contributed by atoms with Crippen LogP contribution in [-0.2, 0) is 4.79 Å². The quantitative estimate of drug-likeness (QED) is 0.301. The van der Waals surface area contributed by atoms with Crippen molar-refractivity contribution in [2.75, 3.05) is 19.6 Å². The standard InChI is InChI=1S/C19H33N3O2/c1-2-3-4-5-6-7-8-9-10-11-12-18-21-14-16-22(18,15-13-20)17-19(23)24/h2-3,14,16H,4-13,15,17,20H2,1H3/b3-2+. The Hall–Kier alpha value is -1.46. The van der Waals surface area contributed by atoms with E-state index in [9.17, 15) is 9.90 Å². The zero-order valence-corrected chi connectivity index (χ0v) is 15.1. The molecule has 0 radical (unpaired) electrons. The maximum atomic E-state index is 11.1. The first-order chi connectivity index (χ1) is 11.6. The van der Waals surface area contributed by atoms with Gasteiger partial charge in [0.1, 0.15) is 19.3 Å². The van der Waals surface area contributed by atoms with Crippen molar-refractivity contribution in [3.8, 4) is 0 Å². The van der Waals surface area contributed by atoms with E-state index in [-0.39, 0.29) is 11.0 Å². The van der Waals surface area contributed by atoms with Gasteiger partial charge in [-0.3, -0.25) is 0 Å². The summed E-state index contributed by atoms with van der Waals surface area (Å²) in [7, 11) is 0. The highest BCUT2D eigenvalue weighted by atomic mass is 16.4. The van der Waals surface area contributed by atoms with E-state index in [4.69, 9.17) is 5.73 Å². The van der Waals surface area contributed by atoms with Crippen molar-refractivity contribution in [1.29, 1.82) is 0 Å². The van der Waals surface area contributed by atoms with Gasteiger partial charge >= 0.3 is 0 Å². The number of carboxylic acid groups (broad SMARTS) is 1. The zero-order chi connectivity index (χ0) is 17.7. The predicted molar refractivity (Wildman–Crippen MR) is 97.0 cm³/mol. The molecule has 1 heterocycles. The summed E-state index contributed by atoms with van der Waals surface area (Å²) in [5, 5.41) is 11.1. The zero-order valence-electron chi connectivity index (χ0n) is 15.1. The van der Waals surface area contributed by atoms with Gasteiger partial charge in [0, 0.05) is 13.0 Å². The molecule has 0 bridgehead atoms. The first-order valence-electron chi connectivity index (χ1n) is 9.27. The number of hydrogen-bond donors (Lipinski definition) is 1. The van der Waals surface area contributed by atoms with E-state index >= 15 is 0 Å². The second-order valence-electron chi connectivity index (χ2n) is 6.50. The van der Waals surface area contributed by atoms with Crippen molar-refractivity contribution in [3.05, 3.63) is 24.6 Å². The number of allylic oxidation sites excluding steroid dienone is 2. The average Bonchev–Trinajstić information content (AvgIpc) is 2.91. The number of aliphatic imine (C=N–C) groups is 1. The largest absolute Gasteiger partial charge is 0.544 e. The highest BCUT2D eigenvalue weighted by molar-refractivity contribution is 5.80. The van der Waals surface area contributed by atoms with E-state index in [1.165, 1.54) is 44.9 Å². The van der Waals surface area contributed by atoms with Crippen molar-refractivity contribution in [2.45, 2.75) is 64.7 Å². The number of carbonyl (C=O) groups excluding carboxylic acids is 1. The van der Waals surface area contributed by atoms with Gasteiger partial charge in [-0.25, -0.2) is 9.48 Å². The maximum absolute atomic E-state index is 11.1. The number of rotatable bonds is 14. The van der Waals surface area contributed by atoms with Gasteiger partial charge in [0.2, 0.25) is 5.84 Å². The molecular weight excluding hydrogens is 302 g/mol. The molecule has 1 rings (SSSR count). The molecule has 0 saturated heterocycles. The van der Waals surface area contributed by atoms with Crippen LogP contribution in [0.25, 0.3) is 0 Å². The molecule has 1 aliphatic heterocycles. The molecule has 24 heavy (non-hydrogen) atoms. The minimum atomic E-state index is -1.05. The van der Waals surface area contributed by atoms with Crippen molar-refractivity contribution in [3.63, 3.8) is 0 Å². The van der Waals surface area contributed by atoms with Crippen molar-refractivity contribution < 1.29 is 14.4 Å². The Labute approximate surface area is 146 Å². The number of hydrogen-bond acceptors (Lipinski definition) is 4. The molecule has 0 amide bonds. The highest BCUT2D eigenvalue weighted by Crippen LogP contribution is 2.21. The molecule has 5 nitrogen and oxygen atoms in total. The van der Waals surface area contributed by atoms with Gasteiger partial charge in [-0.1, -0.05) is 44.3 Å². The van der Waals surface area contributed by atoms with Crippen LogP contribution in [0.1, 0.15) is 64.7 Å². The Kier molecular flexibility index (Phi) is 10.3. The molecule has 1 aliphatic rings. The number of nitrogens with two attached hydrogens (primary N) is 1. The molecular formula is C19H33N3O2. The lowest BCUT2D eigenvalue weighted by Gasteiger charge is -2.32. The van der Waals surface area contributed by atoms with Crippen LogP contribution in [0.3, 0.4) is 0 Å². The minimum Gasteiger partial charge on any atom is -0.544 e. The molecule has 0 aromatic heterocycles. The fourth-order valence-electron chi connectivity index (χ4n) is 3.22. The van der Waals surface area contributed by atoms with Crippen LogP contribution in [0.5, 0.6) is 0 Å². The van der Waals surface area contributed by atoms with E-state index in [1.54, 1.807) is 6.20 Å². The van der Waals surface area contributed by atoms with Gasteiger partial charge in [-0.2, -0.15) is 0 Å². The number of carbonyl (C=O) groups is 1. The van der Waals surface area contributed by atoms with Gasteiger partial charge in [-0.15, -0.1) is 0 Å². The number of unbranched alkanes of at least 4 members (excludes halogenated alkanes) is 7. The topological polar surface area (TPSA) is 78.5 Å². The van der Waals surface area contributed by atoms with E-state index in [0.717, 1.165) is 18.7 Å².